The third-order valence-electron chi connectivity index (χ3n) is 3.92. The van der Waals surface area contributed by atoms with Gasteiger partial charge in [-0.3, -0.25) is 19.2 Å². The van der Waals surface area contributed by atoms with Gasteiger partial charge in [-0.2, -0.15) is 5.10 Å². The van der Waals surface area contributed by atoms with E-state index in [9.17, 15) is 9.59 Å². The molecule has 2 heterocycles. The Bertz CT molecular complexity index is 550. The Hall–Kier alpha value is -1.85. The van der Waals surface area contributed by atoms with Crippen LogP contribution < -0.4 is 10.2 Å². The molecule has 116 valence electrons. The van der Waals surface area contributed by atoms with E-state index in [4.69, 9.17) is 0 Å². The number of carbonyl (C=O) groups is 2. The minimum Gasteiger partial charge on any atom is -0.342 e. The predicted octanol–water partition coefficient (Wildman–Crippen LogP) is 1.25. The van der Waals surface area contributed by atoms with Gasteiger partial charge in [-0.1, -0.05) is 27.7 Å². The molecule has 1 saturated heterocycles. The number of carbonyl (C=O) groups excluding carboxylic acids is 2. The second-order valence-electron chi connectivity index (χ2n) is 5.85. The first-order chi connectivity index (χ1) is 9.90. The standard InChI is InChI=1S/C15H24N4O2/c1-6-10-12(8-18(5)17-10)19-13(9(3)4)14(20)16-11(7-2)15(19)21/h8-9,11,13H,6-7H2,1-5H3,(H,16,20). The molecule has 6 nitrogen and oxygen atoms in total. The maximum absolute atomic E-state index is 12.8. The summed E-state index contributed by atoms with van der Waals surface area (Å²) in [5.41, 5.74) is 1.61. The number of hydrogen-bond acceptors (Lipinski definition) is 3. The van der Waals surface area contributed by atoms with Crippen molar-refractivity contribution in [2.75, 3.05) is 4.90 Å². The van der Waals surface area contributed by atoms with Crippen molar-refractivity contribution in [3.05, 3.63) is 11.9 Å². The molecule has 1 aromatic heterocycles. The zero-order chi connectivity index (χ0) is 15.7. The molecule has 0 bridgehead atoms. The minimum absolute atomic E-state index is 0.0386. The van der Waals surface area contributed by atoms with Crippen molar-refractivity contribution < 1.29 is 9.59 Å². The molecule has 2 amide bonds. The van der Waals surface area contributed by atoms with Crippen molar-refractivity contribution in [1.29, 1.82) is 0 Å². The maximum atomic E-state index is 12.8. The van der Waals surface area contributed by atoms with Gasteiger partial charge >= 0.3 is 0 Å². The molecule has 2 unspecified atom stereocenters. The van der Waals surface area contributed by atoms with Gasteiger partial charge in [0.25, 0.3) is 0 Å². The Morgan fingerprint density at radius 3 is 2.52 bits per heavy atom. The number of rotatable bonds is 4. The van der Waals surface area contributed by atoms with Gasteiger partial charge in [0, 0.05) is 13.2 Å². The lowest BCUT2D eigenvalue weighted by Crippen LogP contribution is -2.65. The Morgan fingerprint density at radius 2 is 2.00 bits per heavy atom. The second kappa shape index (κ2) is 5.87. The predicted molar refractivity (Wildman–Crippen MR) is 80.9 cm³/mol. The third-order valence-corrected chi connectivity index (χ3v) is 3.92. The van der Waals surface area contributed by atoms with Crippen LogP contribution >= 0.6 is 0 Å². The van der Waals surface area contributed by atoms with Crippen LogP contribution in [0.2, 0.25) is 0 Å². The van der Waals surface area contributed by atoms with Crippen molar-refractivity contribution in [3.8, 4) is 0 Å². The second-order valence-corrected chi connectivity index (χ2v) is 5.85. The third kappa shape index (κ3) is 2.66. The number of nitrogens with zero attached hydrogens (tertiary/aromatic N) is 3. The van der Waals surface area contributed by atoms with Gasteiger partial charge in [0.15, 0.2) is 0 Å². The van der Waals surface area contributed by atoms with E-state index in [1.807, 2.05) is 40.9 Å². The van der Waals surface area contributed by atoms with Crippen LogP contribution in [0.15, 0.2) is 6.20 Å². The summed E-state index contributed by atoms with van der Waals surface area (Å²) in [5.74, 6) is -0.0856. The highest BCUT2D eigenvalue weighted by molar-refractivity contribution is 6.08. The number of hydrogen-bond donors (Lipinski definition) is 1. The molecule has 0 aliphatic carbocycles. The average molecular weight is 292 g/mol. The summed E-state index contributed by atoms with van der Waals surface area (Å²) in [4.78, 5) is 26.8. The number of nitrogens with one attached hydrogen (secondary N) is 1. The van der Waals surface area contributed by atoms with E-state index in [0.717, 1.165) is 17.8 Å². The smallest absolute Gasteiger partial charge is 0.250 e. The lowest BCUT2D eigenvalue weighted by molar-refractivity contribution is -0.134. The Kier molecular flexibility index (Phi) is 4.34. The van der Waals surface area contributed by atoms with Crippen molar-refractivity contribution >= 4 is 17.5 Å². The summed E-state index contributed by atoms with van der Waals surface area (Å²) < 4.78 is 1.70. The first kappa shape index (κ1) is 15.5. The molecule has 1 N–H and O–H groups in total. The van der Waals surface area contributed by atoms with Crippen LogP contribution in [0.1, 0.15) is 39.8 Å². The van der Waals surface area contributed by atoms with Gasteiger partial charge in [-0.25, -0.2) is 0 Å². The fraction of sp³-hybridized carbons (Fsp3) is 0.667. The monoisotopic (exact) mass is 292 g/mol. The zero-order valence-corrected chi connectivity index (χ0v) is 13.4. The minimum atomic E-state index is -0.477. The molecule has 1 aromatic rings. The molecular formula is C15H24N4O2. The molecule has 2 rings (SSSR count). The summed E-state index contributed by atoms with van der Waals surface area (Å²) in [6.45, 7) is 7.82. The van der Waals surface area contributed by atoms with Crippen LogP contribution in [0.25, 0.3) is 0 Å². The maximum Gasteiger partial charge on any atom is 0.250 e. The Balaban J connectivity index is 2.52. The van der Waals surface area contributed by atoms with E-state index in [2.05, 4.69) is 10.4 Å². The van der Waals surface area contributed by atoms with E-state index in [0.29, 0.717) is 6.42 Å². The molecule has 1 aliphatic rings. The van der Waals surface area contributed by atoms with Crippen LogP contribution in [0.3, 0.4) is 0 Å². The number of aryl methyl sites for hydroxylation is 2. The van der Waals surface area contributed by atoms with Gasteiger partial charge in [0.1, 0.15) is 12.1 Å². The zero-order valence-electron chi connectivity index (χ0n) is 13.4. The van der Waals surface area contributed by atoms with Crippen LogP contribution in [0.4, 0.5) is 5.69 Å². The van der Waals surface area contributed by atoms with E-state index >= 15 is 0 Å². The molecule has 0 radical (unpaired) electrons. The van der Waals surface area contributed by atoms with E-state index in [-0.39, 0.29) is 17.7 Å². The summed E-state index contributed by atoms with van der Waals surface area (Å²) in [5, 5.41) is 7.23. The van der Waals surface area contributed by atoms with Crippen LogP contribution in [0.5, 0.6) is 0 Å². The van der Waals surface area contributed by atoms with Crippen LogP contribution in [-0.4, -0.2) is 33.7 Å². The van der Waals surface area contributed by atoms with Gasteiger partial charge < -0.3 is 5.32 Å². The van der Waals surface area contributed by atoms with Gasteiger partial charge in [-0.15, -0.1) is 0 Å². The fourth-order valence-electron chi connectivity index (χ4n) is 2.86. The molecular weight excluding hydrogens is 268 g/mol. The SMILES string of the molecule is CCc1nn(C)cc1N1C(=O)C(CC)NC(=O)C1C(C)C. The van der Waals surface area contributed by atoms with E-state index in [1.165, 1.54) is 0 Å². The van der Waals surface area contributed by atoms with E-state index in [1.54, 1.807) is 9.58 Å². The Labute approximate surface area is 125 Å². The topological polar surface area (TPSA) is 67.2 Å². The molecule has 2 atom stereocenters. The fourth-order valence-corrected chi connectivity index (χ4v) is 2.86. The largest absolute Gasteiger partial charge is 0.342 e. The highest BCUT2D eigenvalue weighted by Crippen LogP contribution is 2.28. The molecule has 1 aliphatic heterocycles. The first-order valence-corrected chi connectivity index (χ1v) is 7.56. The van der Waals surface area contributed by atoms with Crippen molar-refractivity contribution in [2.24, 2.45) is 13.0 Å². The van der Waals surface area contributed by atoms with Crippen LogP contribution in [-0.2, 0) is 23.1 Å². The lowest BCUT2D eigenvalue weighted by atomic mass is 9.95. The normalized spacial score (nSPS) is 22.9. The van der Waals surface area contributed by atoms with Gasteiger partial charge in [0.2, 0.25) is 11.8 Å². The van der Waals surface area contributed by atoms with Gasteiger partial charge in [-0.05, 0) is 18.8 Å². The summed E-state index contributed by atoms with van der Waals surface area (Å²) in [6.07, 6.45) is 3.15. The molecule has 0 saturated carbocycles. The van der Waals surface area contributed by atoms with Gasteiger partial charge in [0.05, 0.1) is 11.4 Å². The van der Waals surface area contributed by atoms with Crippen LogP contribution in [0, 0.1) is 5.92 Å². The summed E-state index contributed by atoms with van der Waals surface area (Å²) >= 11 is 0. The molecule has 6 heteroatoms. The molecule has 0 spiro atoms. The Morgan fingerprint density at radius 1 is 1.33 bits per heavy atom. The van der Waals surface area contributed by atoms with Crippen molar-refractivity contribution in [1.82, 2.24) is 15.1 Å². The number of anilines is 1. The average Bonchev–Trinajstić information content (AvgIpc) is 2.80. The highest BCUT2D eigenvalue weighted by atomic mass is 16.2. The van der Waals surface area contributed by atoms with Crippen molar-refractivity contribution in [2.45, 2.75) is 52.6 Å². The number of amides is 2. The number of aromatic nitrogens is 2. The quantitative estimate of drug-likeness (QED) is 0.908. The molecule has 0 aromatic carbocycles. The summed E-state index contributed by atoms with van der Waals surface area (Å²) in [7, 11) is 1.83. The highest BCUT2D eigenvalue weighted by Gasteiger charge is 2.43. The lowest BCUT2D eigenvalue weighted by Gasteiger charge is -2.40. The first-order valence-electron chi connectivity index (χ1n) is 7.56. The summed E-state index contributed by atoms with van der Waals surface area (Å²) in [6, 6.07) is -0.924. The number of piperazine rings is 1. The van der Waals surface area contributed by atoms with Crippen molar-refractivity contribution in [3.63, 3.8) is 0 Å². The molecule has 1 fully saturated rings. The molecule has 21 heavy (non-hydrogen) atoms. The van der Waals surface area contributed by atoms with E-state index < -0.39 is 12.1 Å².